The van der Waals surface area contributed by atoms with Crippen LogP contribution in [0.5, 0.6) is 0 Å². The summed E-state index contributed by atoms with van der Waals surface area (Å²) in [7, 11) is -4.01. The van der Waals surface area contributed by atoms with Gasteiger partial charge in [0.2, 0.25) is 10.0 Å². The van der Waals surface area contributed by atoms with E-state index in [4.69, 9.17) is 4.74 Å². The second kappa shape index (κ2) is 5.64. The molecule has 124 valence electrons. The molecule has 1 aliphatic rings. The molecule has 0 N–H and O–H groups in total. The molecule has 1 amide bonds. The number of nitrogens with zero attached hydrogens (tertiary/aromatic N) is 2. The van der Waals surface area contributed by atoms with Gasteiger partial charge in [0.15, 0.2) is 0 Å². The van der Waals surface area contributed by atoms with Crippen LogP contribution in [-0.2, 0) is 14.8 Å². The van der Waals surface area contributed by atoms with Gasteiger partial charge < -0.3 is 9.64 Å². The maximum atomic E-state index is 13.0. The first-order chi connectivity index (χ1) is 9.22. The van der Waals surface area contributed by atoms with E-state index in [0.717, 1.165) is 11.2 Å². The molecule has 1 rings (SSSR count). The summed E-state index contributed by atoms with van der Waals surface area (Å²) in [5, 5.41) is 0. The third kappa shape index (κ3) is 5.03. The van der Waals surface area contributed by atoms with Gasteiger partial charge >= 0.3 is 12.3 Å². The van der Waals surface area contributed by atoms with E-state index in [1.165, 1.54) is 0 Å². The minimum absolute atomic E-state index is 0.144. The molecule has 1 aliphatic heterocycles. The molecule has 0 aromatic carbocycles. The van der Waals surface area contributed by atoms with E-state index in [0.29, 0.717) is 4.31 Å². The number of piperazine rings is 1. The molecule has 0 bridgehead atoms. The zero-order valence-corrected chi connectivity index (χ0v) is 13.1. The minimum Gasteiger partial charge on any atom is -0.444 e. The number of alkyl halides is 3. The van der Waals surface area contributed by atoms with Gasteiger partial charge in [-0.3, -0.25) is 0 Å². The molecular formula is C11H19F3N2O4S. The third-order valence-corrected chi connectivity index (χ3v) is 4.08. The van der Waals surface area contributed by atoms with E-state index in [9.17, 15) is 26.4 Å². The zero-order valence-electron chi connectivity index (χ0n) is 12.3. The molecule has 0 radical (unpaired) electrons. The van der Waals surface area contributed by atoms with Gasteiger partial charge in [0, 0.05) is 19.6 Å². The van der Waals surface area contributed by atoms with Gasteiger partial charge in [0.05, 0.1) is 6.26 Å². The molecule has 0 aromatic rings. The molecule has 1 atom stereocenters. The molecule has 6 nitrogen and oxygen atoms in total. The summed E-state index contributed by atoms with van der Waals surface area (Å²) in [4.78, 5) is 12.7. The van der Waals surface area contributed by atoms with E-state index in [1.54, 1.807) is 20.8 Å². The quantitative estimate of drug-likeness (QED) is 0.728. The van der Waals surface area contributed by atoms with E-state index in [2.05, 4.69) is 0 Å². The average molecular weight is 332 g/mol. The van der Waals surface area contributed by atoms with Gasteiger partial charge in [-0.2, -0.15) is 17.5 Å². The van der Waals surface area contributed by atoms with Crippen molar-refractivity contribution in [2.24, 2.45) is 0 Å². The fourth-order valence-electron chi connectivity index (χ4n) is 1.92. The first-order valence-electron chi connectivity index (χ1n) is 6.23. The second-order valence-electron chi connectivity index (χ2n) is 5.86. The van der Waals surface area contributed by atoms with Gasteiger partial charge in [0.25, 0.3) is 0 Å². The van der Waals surface area contributed by atoms with Crippen molar-refractivity contribution in [3.63, 3.8) is 0 Å². The Labute approximate surface area is 121 Å². The lowest BCUT2D eigenvalue weighted by Crippen LogP contribution is -2.61. The number of rotatable bonds is 1. The first kappa shape index (κ1) is 18.0. The van der Waals surface area contributed by atoms with E-state index in [-0.39, 0.29) is 6.54 Å². The number of hydrogen-bond donors (Lipinski definition) is 0. The molecular weight excluding hydrogens is 313 g/mol. The van der Waals surface area contributed by atoms with Crippen LogP contribution in [0.3, 0.4) is 0 Å². The number of carbonyl (C=O) groups is 1. The Kier molecular flexibility index (Phi) is 4.84. The predicted octanol–water partition coefficient (Wildman–Crippen LogP) is 1.43. The van der Waals surface area contributed by atoms with Crippen molar-refractivity contribution < 1.29 is 31.1 Å². The summed E-state index contributed by atoms with van der Waals surface area (Å²) >= 11 is 0. The van der Waals surface area contributed by atoms with Crippen LogP contribution < -0.4 is 0 Å². The Morgan fingerprint density at radius 1 is 1.19 bits per heavy atom. The summed E-state index contributed by atoms with van der Waals surface area (Å²) in [6.07, 6.45) is -4.93. The standard InChI is InChI=1S/C11H19F3N2O4S/c1-10(2,3)20-9(17)15-5-6-16(21(4,18)19)8(7-15)11(12,13)14/h8H,5-7H2,1-4H3. The zero-order chi connectivity index (χ0) is 16.6. The molecule has 10 heteroatoms. The fraction of sp³-hybridized carbons (Fsp3) is 0.909. The van der Waals surface area contributed by atoms with Crippen molar-refractivity contribution in [2.75, 3.05) is 25.9 Å². The Morgan fingerprint density at radius 3 is 2.10 bits per heavy atom. The van der Waals surface area contributed by atoms with Crippen LogP contribution in [0.25, 0.3) is 0 Å². The molecule has 21 heavy (non-hydrogen) atoms. The molecule has 0 aliphatic carbocycles. The maximum absolute atomic E-state index is 13.0. The Hall–Kier alpha value is -1.03. The van der Waals surface area contributed by atoms with Gasteiger partial charge in [-0.15, -0.1) is 0 Å². The summed E-state index contributed by atoms with van der Waals surface area (Å²) in [6, 6.07) is -2.26. The topological polar surface area (TPSA) is 66.9 Å². The van der Waals surface area contributed by atoms with Gasteiger partial charge in [-0.1, -0.05) is 0 Å². The molecule has 0 aromatic heterocycles. The van der Waals surface area contributed by atoms with Crippen molar-refractivity contribution in [3.8, 4) is 0 Å². The Morgan fingerprint density at radius 2 is 1.71 bits per heavy atom. The Bertz CT molecular complexity index is 499. The van der Waals surface area contributed by atoms with Crippen molar-refractivity contribution in [1.82, 2.24) is 9.21 Å². The van der Waals surface area contributed by atoms with Gasteiger partial charge in [-0.05, 0) is 20.8 Å². The fourth-order valence-corrected chi connectivity index (χ4v) is 2.98. The van der Waals surface area contributed by atoms with Crippen molar-refractivity contribution >= 4 is 16.1 Å². The minimum atomic E-state index is -4.76. The number of sulfonamides is 1. The van der Waals surface area contributed by atoms with Gasteiger partial charge in [0.1, 0.15) is 11.6 Å². The molecule has 0 saturated carbocycles. The first-order valence-corrected chi connectivity index (χ1v) is 8.08. The molecule has 1 saturated heterocycles. The third-order valence-electron chi connectivity index (χ3n) is 2.79. The average Bonchev–Trinajstić information content (AvgIpc) is 2.23. The smallest absolute Gasteiger partial charge is 0.410 e. The SMILES string of the molecule is CC(C)(C)OC(=O)N1CCN(S(C)(=O)=O)C(C(F)(F)F)C1. The maximum Gasteiger partial charge on any atom is 0.410 e. The lowest BCUT2D eigenvalue weighted by Gasteiger charge is -2.40. The normalized spacial score (nSPS) is 22.2. The van der Waals surface area contributed by atoms with Crippen molar-refractivity contribution in [3.05, 3.63) is 0 Å². The van der Waals surface area contributed by atoms with Crippen LogP contribution in [0.4, 0.5) is 18.0 Å². The van der Waals surface area contributed by atoms with Crippen molar-refractivity contribution in [2.45, 2.75) is 38.6 Å². The highest BCUT2D eigenvalue weighted by Gasteiger charge is 2.50. The van der Waals surface area contributed by atoms with E-state index >= 15 is 0 Å². The number of hydrogen-bond acceptors (Lipinski definition) is 4. The summed E-state index contributed by atoms with van der Waals surface area (Å²) in [5.41, 5.74) is -0.835. The van der Waals surface area contributed by atoms with Crippen LogP contribution in [-0.4, -0.2) is 67.4 Å². The predicted molar refractivity (Wildman–Crippen MR) is 69.2 cm³/mol. The highest BCUT2D eigenvalue weighted by atomic mass is 32.2. The van der Waals surface area contributed by atoms with Crippen LogP contribution in [0.2, 0.25) is 0 Å². The number of ether oxygens (including phenoxy) is 1. The summed E-state index contributed by atoms with van der Waals surface area (Å²) in [6.45, 7) is 3.46. The van der Waals surface area contributed by atoms with Crippen LogP contribution in [0.15, 0.2) is 0 Å². The number of halogens is 3. The summed E-state index contributed by atoms with van der Waals surface area (Å²) < 4.78 is 67.3. The second-order valence-corrected chi connectivity index (χ2v) is 7.79. The number of carbonyl (C=O) groups excluding carboxylic acids is 1. The van der Waals surface area contributed by atoms with Crippen LogP contribution in [0.1, 0.15) is 20.8 Å². The van der Waals surface area contributed by atoms with Crippen LogP contribution >= 0.6 is 0 Å². The summed E-state index contributed by atoms with van der Waals surface area (Å²) in [5.74, 6) is 0. The lowest BCUT2D eigenvalue weighted by molar-refractivity contribution is -0.181. The van der Waals surface area contributed by atoms with E-state index < -0.39 is 47.0 Å². The molecule has 1 unspecified atom stereocenters. The molecule has 1 heterocycles. The largest absolute Gasteiger partial charge is 0.444 e. The van der Waals surface area contributed by atoms with Crippen LogP contribution in [0, 0.1) is 0 Å². The highest BCUT2D eigenvalue weighted by molar-refractivity contribution is 7.88. The lowest BCUT2D eigenvalue weighted by atomic mass is 10.2. The molecule has 1 fully saturated rings. The van der Waals surface area contributed by atoms with E-state index in [1.807, 2.05) is 0 Å². The van der Waals surface area contributed by atoms with Crippen molar-refractivity contribution in [1.29, 1.82) is 0 Å². The highest BCUT2D eigenvalue weighted by Crippen LogP contribution is 2.30. The Balaban J connectivity index is 2.93. The monoisotopic (exact) mass is 332 g/mol. The number of amides is 1. The molecule has 0 spiro atoms. The van der Waals surface area contributed by atoms with Gasteiger partial charge in [-0.25, -0.2) is 13.2 Å².